The lowest BCUT2D eigenvalue weighted by Crippen LogP contribution is -2.38. The van der Waals surface area contributed by atoms with Gasteiger partial charge in [-0.1, -0.05) is 5.16 Å². The van der Waals surface area contributed by atoms with Gasteiger partial charge in [0.1, 0.15) is 5.76 Å². The molecule has 1 saturated heterocycles. The highest BCUT2D eigenvalue weighted by atomic mass is 16.5. The van der Waals surface area contributed by atoms with Gasteiger partial charge in [0, 0.05) is 12.1 Å². The third-order valence-corrected chi connectivity index (χ3v) is 2.95. The van der Waals surface area contributed by atoms with Crippen LogP contribution in [0.1, 0.15) is 18.6 Å². The third kappa shape index (κ3) is 3.04. The Bertz CT molecular complexity index is 391. The molecule has 6 nitrogen and oxygen atoms in total. The molecule has 0 saturated carbocycles. The van der Waals surface area contributed by atoms with Crippen LogP contribution in [0.15, 0.2) is 10.6 Å². The predicted molar refractivity (Wildman–Crippen MR) is 61.6 cm³/mol. The fraction of sp³-hybridized carbons (Fsp3) is 0.636. The monoisotopic (exact) mass is 239 g/mol. The van der Waals surface area contributed by atoms with E-state index in [4.69, 9.17) is 9.63 Å². The summed E-state index contributed by atoms with van der Waals surface area (Å²) in [6, 6.07) is 1.78. The average Bonchev–Trinajstić information content (AvgIpc) is 2.87. The van der Waals surface area contributed by atoms with Gasteiger partial charge in [-0.15, -0.1) is 0 Å². The van der Waals surface area contributed by atoms with E-state index in [0.29, 0.717) is 11.6 Å². The zero-order chi connectivity index (χ0) is 12.3. The number of carbonyl (C=O) groups excluding carboxylic acids is 1. The molecule has 0 unspecified atom stereocenters. The Labute approximate surface area is 99.6 Å². The van der Waals surface area contributed by atoms with Gasteiger partial charge < -0.3 is 14.9 Å². The number of carbonyl (C=O) groups is 1. The molecule has 0 aliphatic carbocycles. The first-order chi connectivity index (χ1) is 8.19. The van der Waals surface area contributed by atoms with Gasteiger partial charge in [-0.05, 0) is 26.3 Å². The number of amides is 1. The number of rotatable bonds is 4. The number of nitrogens with zero attached hydrogens (tertiary/aromatic N) is 2. The molecule has 1 aromatic heterocycles. The van der Waals surface area contributed by atoms with E-state index < -0.39 is 0 Å². The highest BCUT2D eigenvalue weighted by molar-refractivity contribution is 5.91. The summed E-state index contributed by atoms with van der Waals surface area (Å²) in [5.74, 6) is 0.973. The maximum absolute atomic E-state index is 11.7. The van der Waals surface area contributed by atoms with E-state index in [0.717, 1.165) is 19.4 Å². The fourth-order valence-corrected chi connectivity index (χ4v) is 2.10. The topological polar surface area (TPSA) is 78.6 Å². The summed E-state index contributed by atoms with van der Waals surface area (Å²) in [7, 11) is 0. The van der Waals surface area contributed by atoms with E-state index in [1.165, 1.54) is 0 Å². The maximum Gasteiger partial charge on any atom is 0.239 e. The molecular formula is C11H17N3O3. The van der Waals surface area contributed by atoms with Gasteiger partial charge in [-0.2, -0.15) is 0 Å². The van der Waals surface area contributed by atoms with Crippen LogP contribution in [0, 0.1) is 6.92 Å². The fourth-order valence-electron chi connectivity index (χ4n) is 2.10. The minimum atomic E-state index is -0.126. The predicted octanol–water partition coefficient (Wildman–Crippen LogP) is 0.378. The maximum atomic E-state index is 11.7. The number of aromatic nitrogens is 1. The van der Waals surface area contributed by atoms with E-state index in [1.54, 1.807) is 13.0 Å². The van der Waals surface area contributed by atoms with Gasteiger partial charge in [-0.3, -0.25) is 9.69 Å². The zero-order valence-electron chi connectivity index (χ0n) is 9.85. The molecule has 17 heavy (non-hydrogen) atoms. The number of hydrogen-bond donors (Lipinski definition) is 2. The van der Waals surface area contributed by atoms with Crippen molar-refractivity contribution in [3.63, 3.8) is 0 Å². The molecule has 2 heterocycles. The van der Waals surface area contributed by atoms with Crippen molar-refractivity contribution < 1.29 is 14.4 Å². The van der Waals surface area contributed by atoms with Crippen LogP contribution in [0.25, 0.3) is 0 Å². The molecule has 1 amide bonds. The van der Waals surface area contributed by atoms with E-state index in [2.05, 4.69) is 10.5 Å². The van der Waals surface area contributed by atoms with Crippen molar-refractivity contribution in [1.82, 2.24) is 10.1 Å². The van der Waals surface area contributed by atoms with Crippen LogP contribution in [0.4, 0.5) is 5.82 Å². The Hall–Kier alpha value is -1.40. The highest BCUT2D eigenvalue weighted by Crippen LogP contribution is 2.16. The van der Waals surface area contributed by atoms with Crippen LogP contribution in [0.3, 0.4) is 0 Å². The molecule has 2 N–H and O–H groups in total. The van der Waals surface area contributed by atoms with Crippen LogP contribution in [0.5, 0.6) is 0 Å². The quantitative estimate of drug-likeness (QED) is 0.794. The smallest absolute Gasteiger partial charge is 0.239 e. The van der Waals surface area contributed by atoms with Gasteiger partial charge in [0.2, 0.25) is 5.91 Å². The number of aliphatic hydroxyl groups is 1. The summed E-state index contributed by atoms with van der Waals surface area (Å²) in [5.41, 5.74) is 0. The number of hydrogen-bond acceptors (Lipinski definition) is 5. The molecule has 1 aliphatic heterocycles. The summed E-state index contributed by atoms with van der Waals surface area (Å²) in [4.78, 5) is 13.7. The SMILES string of the molecule is Cc1cc(NC(=O)CN2CCC[C@@H]2CO)no1. The van der Waals surface area contributed by atoms with Crippen molar-refractivity contribution in [2.24, 2.45) is 0 Å². The Morgan fingerprint density at radius 1 is 1.76 bits per heavy atom. The summed E-state index contributed by atoms with van der Waals surface area (Å²) in [6.45, 7) is 3.02. The number of aliphatic hydroxyl groups excluding tert-OH is 1. The van der Waals surface area contributed by atoms with Gasteiger partial charge in [0.25, 0.3) is 0 Å². The molecule has 0 bridgehead atoms. The van der Waals surface area contributed by atoms with Crippen molar-refractivity contribution in [3.05, 3.63) is 11.8 Å². The Balaban J connectivity index is 1.85. The Morgan fingerprint density at radius 2 is 2.59 bits per heavy atom. The Kier molecular flexibility index (Phi) is 3.75. The minimum absolute atomic E-state index is 0.107. The van der Waals surface area contributed by atoms with E-state index in [1.807, 2.05) is 4.90 Å². The number of likely N-dealkylation sites (tertiary alicyclic amines) is 1. The molecule has 2 rings (SSSR count). The molecule has 0 aromatic carbocycles. The number of aryl methyl sites for hydroxylation is 1. The lowest BCUT2D eigenvalue weighted by atomic mass is 10.2. The van der Waals surface area contributed by atoms with Crippen LogP contribution in [-0.4, -0.2) is 46.8 Å². The molecule has 0 spiro atoms. The van der Waals surface area contributed by atoms with Crippen molar-refractivity contribution in [3.8, 4) is 0 Å². The van der Waals surface area contributed by atoms with E-state index >= 15 is 0 Å². The second-order valence-corrected chi connectivity index (χ2v) is 4.32. The standard InChI is InChI=1S/C11H17N3O3/c1-8-5-10(13-17-8)12-11(16)6-14-4-2-3-9(14)7-15/h5,9,15H,2-4,6-7H2,1H3,(H,12,13,16)/t9-/m1/s1. The normalized spacial score (nSPS) is 20.7. The first kappa shape index (κ1) is 12.1. The van der Waals surface area contributed by atoms with E-state index in [9.17, 15) is 4.79 Å². The van der Waals surface area contributed by atoms with Gasteiger partial charge in [0.05, 0.1) is 13.2 Å². The van der Waals surface area contributed by atoms with Crippen LogP contribution >= 0.6 is 0 Å². The summed E-state index contributed by atoms with van der Waals surface area (Å²) in [5, 5.41) is 15.5. The summed E-state index contributed by atoms with van der Waals surface area (Å²) in [6.07, 6.45) is 1.98. The highest BCUT2D eigenvalue weighted by Gasteiger charge is 2.25. The molecular weight excluding hydrogens is 222 g/mol. The second kappa shape index (κ2) is 5.29. The molecule has 6 heteroatoms. The summed E-state index contributed by atoms with van der Waals surface area (Å²) < 4.78 is 4.86. The Morgan fingerprint density at radius 3 is 3.24 bits per heavy atom. The zero-order valence-corrected chi connectivity index (χ0v) is 9.85. The number of nitrogens with one attached hydrogen (secondary N) is 1. The molecule has 1 fully saturated rings. The lowest BCUT2D eigenvalue weighted by molar-refractivity contribution is -0.117. The molecule has 94 valence electrons. The van der Waals surface area contributed by atoms with Gasteiger partial charge in [0.15, 0.2) is 5.82 Å². The molecule has 0 radical (unpaired) electrons. The van der Waals surface area contributed by atoms with Crippen LogP contribution < -0.4 is 5.32 Å². The van der Waals surface area contributed by atoms with Crippen LogP contribution in [-0.2, 0) is 4.79 Å². The minimum Gasteiger partial charge on any atom is -0.395 e. The van der Waals surface area contributed by atoms with E-state index in [-0.39, 0.29) is 25.1 Å². The lowest BCUT2D eigenvalue weighted by Gasteiger charge is -2.21. The molecule has 1 aliphatic rings. The van der Waals surface area contributed by atoms with Crippen molar-refractivity contribution >= 4 is 11.7 Å². The first-order valence-corrected chi connectivity index (χ1v) is 5.77. The van der Waals surface area contributed by atoms with Crippen molar-refractivity contribution in [2.75, 3.05) is 25.0 Å². The average molecular weight is 239 g/mol. The van der Waals surface area contributed by atoms with Gasteiger partial charge >= 0.3 is 0 Å². The largest absolute Gasteiger partial charge is 0.395 e. The molecule has 1 atom stereocenters. The van der Waals surface area contributed by atoms with Gasteiger partial charge in [-0.25, -0.2) is 0 Å². The molecule has 1 aromatic rings. The van der Waals surface area contributed by atoms with Crippen molar-refractivity contribution in [2.45, 2.75) is 25.8 Å². The first-order valence-electron chi connectivity index (χ1n) is 5.77. The summed E-state index contributed by atoms with van der Waals surface area (Å²) >= 11 is 0. The van der Waals surface area contributed by atoms with Crippen molar-refractivity contribution in [1.29, 1.82) is 0 Å². The second-order valence-electron chi connectivity index (χ2n) is 4.32. The number of anilines is 1. The van der Waals surface area contributed by atoms with Crippen LogP contribution in [0.2, 0.25) is 0 Å². The third-order valence-electron chi connectivity index (χ3n) is 2.95.